The monoisotopic (exact) mass is 561 g/mol. The number of fused-ring (bicyclic) bond motifs is 2. The number of carbonyl (C=O) groups excluding carboxylic acids is 2. The van der Waals surface area contributed by atoms with Gasteiger partial charge in [-0.05, 0) is 62.5 Å². The van der Waals surface area contributed by atoms with E-state index < -0.39 is 27.6 Å². The zero-order valence-electron chi connectivity index (χ0n) is 22.8. The normalized spacial score (nSPS) is 27.6. The molecule has 2 amide bonds. The highest BCUT2D eigenvalue weighted by atomic mass is 32.2. The second-order valence-corrected chi connectivity index (χ2v) is 14.2. The van der Waals surface area contributed by atoms with Gasteiger partial charge in [0.1, 0.15) is 5.75 Å². The standard InChI is InChI=1S/C28H39N3O5S2/c1-6-31(7-2)26(34)17(3)20-13-14-28(5)15-21-24(18(4)23(28)25(20)33)30-27(37-21)29-22(32)16-38(35,36)19-11-9-8-10-12-19/h8-12,17-18,20,23,25,33H,6-7,13-16H2,1-5H3,(H,29,30,32). The Bertz CT molecular complexity index is 1270. The number of aliphatic hydroxyl groups is 1. The highest BCUT2D eigenvalue weighted by Gasteiger charge is 2.54. The molecule has 0 radical (unpaired) electrons. The molecular weight excluding hydrogens is 522 g/mol. The second kappa shape index (κ2) is 11.1. The molecule has 1 fully saturated rings. The van der Waals surface area contributed by atoms with Gasteiger partial charge in [-0.2, -0.15) is 0 Å². The number of amides is 2. The van der Waals surface area contributed by atoms with Crippen LogP contribution in [-0.2, 0) is 25.8 Å². The van der Waals surface area contributed by atoms with E-state index in [1.54, 1.807) is 18.2 Å². The molecule has 208 valence electrons. The van der Waals surface area contributed by atoms with E-state index in [1.165, 1.54) is 23.5 Å². The van der Waals surface area contributed by atoms with Crippen LogP contribution in [0.15, 0.2) is 35.2 Å². The molecule has 2 aliphatic carbocycles. The molecule has 2 aliphatic rings. The molecule has 1 saturated carbocycles. The summed E-state index contributed by atoms with van der Waals surface area (Å²) in [5.41, 5.74) is 0.700. The van der Waals surface area contributed by atoms with E-state index in [-0.39, 0.29) is 39.9 Å². The number of aliphatic hydroxyl groups excluding tert-OH is 1. The lowest BCUT2D eigenvalue weighted by Gasteiger charge is -2.53. The Balaban J connectivity index is 1.51. The first-order chi connectivity index (χ1) is 17.9. The summed E-state index contributed by atoms with van der Waals surface area (Å²) >= 11 is 1.39. The Morgan fingerprint density at radius 1 is 1.24 bits per heavy atom. The number of thiazole rings is 1. The molecule has 6 unspecified atom stereocenters. The van der Waals surface area contributed by atoms with E-state index in [9.17, 15) is 23.1 Å². The van der Waals surface area contributed by atoms with Crippen LogP contribution in [0.3, 0.4) is 0 Å². The van der Waals surface area contributed by atoms with Gasteiger partial charge in [-0.25, -0.2) is 13.4 Å². The smallest absolute Gasteiger partial charge is 0.241 e. The summed E-state index contributed by atoms with van der Waals surface area (Å²) in [7, 11) is -3.76. The van der Waals surface area contributed by atoms with Gasteiger partial charge < -0.3 is 15.3 Å². The third-order valence-corrected chi connectivity index (χ3v) is 11.3. The van der Waals surface area contributed by atoms with E-state index in [2.05, 4.69) is 19.2 Å². The van der Waals surface area contributed by atoms with Crippen LogP contribution in [-0.4, -0.2) is 60.2 Å². The predicted octanol–water partition coefficient (Wildman–Crippen LogP) is 4.11. The third kappa shape index (κ3) is 5.40. The summed E-state index contributed by atoms with van der Waals surface area (Å²) in [4.78, 5) is 33.4. The minimum Gasteiger partial charge on any atom is -0.392 e. The van der Waals surface area contributed by atoms with E-state index in [4.69, 9.17) is 4.98 Å². The molecule has 0 aliphatic heterocycles. The van der Waals surface area contributed by atoms with Crippen LogP contribution in [0, 0.1) is 23.2 Å². The highest BCUT2D eigenvalue weighted by molar-refractivity contribution is 7.92. The maximum absolute atomic E-state index is 13.1. The Hall–Kier alpha value is -2.30. The first-order valence-electron chi connectivity index (χ1n) is 13.5. The molecule has 38 heavy (non-hydrogen) atoms. The average Bonchev–Trinajstić information content (AvgIpc) is 3.26. The number of anilines is 1. The molecule has 4 rings (SSSR count). The van der Waals surface area contributed by atoms with Gasteiger partial charge in [-0.3, -0.25) is 9.59 Å². The Morgan fingerprint density at radius 3 is 2.53 bits per heavy atom. The minimum atomic E-state index is -3.76. The second-order valence-electron chi connectivity index (χ2n) is 11.1. The van der Waals surface area contributed by atoms with Crippen molar-refractivity contribution in [2.45, 2.75) is 70.8 Å². The number of aromatic nitrogens is 1. The first-order valence-corrected chi connectivity index (χ1v) is 15.9. The van der Waals surface area contributed by atoms with Gasteiger partial charge in [-0.15, -0.1) is 11.3 Å². The van der Waals surface area contributed by atoms with Crippen molar-refractivity contribution in [2.75, 3.05) is 24.2 Å². The highest BCUT2D eigenvalue weighted by Crippen LogP contribution is 2.57. The van der Waals surface area contributed by atoms with Crippen molar-refractivity contribution in [1.82, 2.24) is 9.88 Å². The zero-order chi connectivity index (χ0) is 27.8. The van der Waals surface area contributed by atoms with Crippen molar-refractivity contribution < 1.29 is 23.1 Å². The fourth-order valence-corrected chi connectivity index (χ4v) is 9.08. The van der Waals surface area contributed by atoms with Crippen LogP contribution >= 0.6 is 11.3 Å². The molecular formula is C28H39N3O5S2. The van der Waals surface area contributed by atoms with Crippen LogP contribution in [0.1, 0.15) is 63.9 Å². The summed E-state index contributed by atoms with van der Waals surface area (Å²) in [6, 6.07) is 7.93. The van der Waals surface area contributed by atoms with Gasteiger partial charge >= 0.3 is 0 Å². The molecule has 10 heteroatoms. The van der Waals surface area contributed by atoms with E-state index >= 15 is 0 Å². The lowest BCUT2D eigenvalue weighted by atomic mass is 9.53. The largest absolute Gasteiger partial charge is 0.392 e. The number of rotatable bonds is 8. The average molecular weight is 562 g/mol. The van der Waals surface area contributed by atoms with Crippen molar-refractivity contribution in [1.29, 1.82) is 0 Å². The Kier molecular flexibility index (Phi) is 8.35. The lowest BCUT2D eigenvalue weighted by Crippen LogP contribution is -2.53. The van der Waals surface area contributed by atoms with Crippen LogP contribution in [0.4, 0.5) is 5.13 Å². The number of hydrogen-bond acceptors (Lipinski definition) is 7. The number of carbonyl (C=O) groups is 2. The summed E-state index contributed by atoms with van der Waals surface area (Å²) in [6.45, 7) is 11.5. The molecule has 8 nitrogen and oxygen atoms in total. The molecule has 1 heterocycles. The van der Waals surface area contributed by atoms with Crippen LogP contribution < -0.4 is 5.32 Å². The fraction of sp³-hybridized carbons (Fsp3) is 0.607. The molecule has 6 atom stereocenters. The van der Waals surface area contributed by atoms with Crippen LogP contribution in [0.5, 0.6) is 0 Å². The van der Waals surface area contributed by atoms with E-state index in [0.29, 0.717) is 18.2 Å². The molecule has 0 bridgehead atoms. The maximum Gasteiger partial charge on any atom is 0.241 e. The van der Waals surface area contributed by atoms with Crippen LogP contribution in [0.25, 0.3) is 0 Å². The summed E-state index contributed by atoms with van der Waals surface area (Å²) < 4.78 is 25.2. The fourth-order valence-electron chi connectivity index (χ4n) is 6.65. The Labute approximate surface area is 229 Å². The molecule has 0 saturated heterocycles. The van der Waals surface area contributed by atoms with Gasteiger partial charge in [0.2, 0.25) is 11.8 Å². The molecule has 2 N–H and O–H groups in total. The zero-order valence-corrected chi connectivity index (χ0v) is 24.4. The predicted molar refractivity (Wildman–Crippen MR) is 149 cm³/mol. The lowest BCUT2D eigenvalue weighted by molar-refractivity contribution is -0.144. The topological polar surface area (TPSA) is 117 Å². The summed E-state index contributed by atoms with van der Waals surface area (Å²) in [5, 5.41) is 14.7. The van der Waals surface area contributed by atoms with Crippen LogP contribution in [0.2, 0.25) is 0 Å². The maximum atomic E-state index is 13.1. The van der Waals surface area contributed by atoms with E-state index in [0.717, 1.165) is 29.8 Å². The van der Waals surface area contributed by atoms with Crippen molar-refractivity contribution >= 4 is 38.1 Å². The SMILES string of the molecule is CCN(CC)C(=O)C(C)C1CCC2(C)Cc3sc(NC(=O)CS(=O)(=O)c4ccccc4)nc3C(C)C2C1O. The number of nitrogens with one attached hydrogen (secondary N) is 1. The van der Waals surface area contributed by atoms with Crippen molar-refractivity contribution in [3.63, 3.8) is 0 Å². The quantitative estimate of drug-likeness (QED) is 0.501. The van der Waals surface area contributed by atoms with Gasteiger partial charge in [0, 0.05) is 29.8 Å². The van der Waals surface area contributed by atoms with Gasteiger partial charge in [-0.1, -0.05) is 39.0 Å². The summed E-state index contributed by atoms with van der Waals surface area (Å²) in [5.74, 6) is -1.70. The Morgan fingerprint density at radius 2 is 1.89 bits per heavy atom. The number of hydrogen-bond donors (Lipinski definition) is 2. The third-order valence-electron chi connectivity index (χ3n) is 8.70. The molecule has 0 spiro atoms. The number of nitrogens with zero attached hydrogens (tertiary/aromatic N) is 2. The summed E-state index contributed by atoms with van der Waals surface area (Å²) in [6.07, 6.45) is 1.77. The number of sulfone groups is 1. The van der Waals surface area contributed by atoms with E-state index in [1.807, 2.05) is 25.7 Å². The first kappa shape index (κ1) is 28.7. The molecule has 2 aromatic rings. The molecule has 1 aromatic heterocycles. The molecule has 1 aromatic carbocycles. The minimum absolute atomic E-state index is 0.0627. The number of benzene rings is 1. The van der Waals surface area contributed by atoms with Crippen molar-refractivity contribution in [3.8, 4) is 0 Å². The van der Waals surface area contributed by atoms with Gasteiger partial charge in [0.05, 0.1) is 16.7 Å². The van der Waals surface area contributed by atoms with Gasteiger partial charge in [0.25, 0.3) is 0 Å². The van der Waals surface area contributed by atoms with Crippen molar-refractivity contribution in [3.05, 3.63) is 40.9 Å². The van der Waals surface area contributed by atoms with Gasteiger partial charge in [0.15, 0.2) is 15.0 Å². The van der Waals surface area contributed by atoms with Crippen molar-refractivity contribution in [2.24, 2.45) is 23.2 Å².